The third-order valence-electron chi connectivity index (χ3n) is 2.76. The number of halogens is 1. The van der Waals surface area contributed by atoms with E-state index in [0.29, 0.717) is 5.92 Å². The maximum Gasteiger partial charge on any atom is 0.123 e. The van der Waals surface area contributed by atoms with Crippen molar-refractivity contribution >= 4 is 12.4 Å². The Balaban J connectivity index is 0.00000225. The van der Waals surface area contributed by atoms with Crippen LogP contribution in [0, 0.1) is 0 Å². The van der Waals surface area contributed by atoms with Crippen LogP contribution in [0.25, 0.3) is 0 Å². The molecule has 0 bridgehead atoms. The summed E-state index contributed by atoms with van der Waals surface area (Å²) in [5.74, 6) is 1.42. The minimum atomic E-state index is 0. The summed E-state index contributed by atoms with van der Waals surface area (Å²) in [6, 6.07) is 6.35. The number of nitrogens with two attached hydrogens (primary N) is 1. The van der Waals surface area contributed by atoms with Gasteiger partial charge in [-0.15, -0.1) is 12.4 Å². The number of hydrogen-bond donors (Lipinski definition) is 1. The summed E-state index contributed by atoms with van der Waals surface area (Å²) in [4.78, 5) is 0. The van der Waals surface area contributed by atoms with E-state index in [1.165, 1.54) is 5.56 Å². The third kappa shape index (κ3) is 3.39. The zero-order valence-corrected chi connectivity index (χ0v) is 11.3. The monoisotopic (exact) mass is 243 g/mol. The van der Waals surface area contributed by atoms with Crippen LogP contribution in [0.15, 0.2) is 18.2 Å². The molecule has 1 aromatic carbocycles. The molecule has 0 heterocycles. The van der Waals surface area contributed by atoms with E-state index in [4.69, 9.17) is 10.5 Å². The smallest absolute Gasteiger partial charge is 0.123 e. The van der Waals surface area contributed by atoms with Crippen molar-refractivity contribution in [2.45, 2.75) is 39.2 Å². The number of ether oxygens (including phenoxy) is 1. The van der Waals surface area contributed by atoms with Crippen LogP contribution >= 0.6 is 12.4 Å². The lowest BCUT2D eigenvalue weighted by Crippen LogP contribution is -2.10. The summed E-state index contributed by atoms with van der Waals surface area (Å²) >= 11 is 0. The van der Waals surface area contributed by atoms with Crippen molar-refractivity contribution in [2.24, 2.45) is 5.73 Å². The number of methoxy groups -OCH3 is 1. The van der Waals surface area contributed by atoms with Gasteiger partial charge in [0.2, 0.25) is 0 Å². The van der Waals surface area contributed by atoms with Gasteiger partial charge in [-0.05, 0) is 24.0 Å². The lowest BCUT2D eigenvalue weighted by atomic mass is 9.96. The molecule has 0 saturated heterocycles. The SMILES string of the molecule is CC[C@@H](N)c1cc(C(C)C)ccc1OC.Cl. The van der Waals surface area contributed by atoms with E-state index in [1.807, 2.05) is 6.07 Å². The molecule has 0 fully saturated rings. The average molecular weight is 244 g/mol. The highest BCUT2D eigenvalue weighted by Crippen LogP contribution is 2.29. The summed E-state index contributed by atoms with van der Waals surface area (Å²) in [6.07, 6.45) is 0.928. The number of benzene rings is 1. The van der Waals surface area contributed by atoms with Crippen LogP contribution in [0.3, 0.4) is 0 Å². The molecule has 0 aromatic heterocycles. The summed E-state index contributed by atoms with van der Waals surface area (Å²) < 4.78 is 5.32. The first-order valence-electron chi connectivity index (χ1n) is 5.53. The lowest BCUT2D eigenvalue weighted by Gasteiger charge is -2.16. The topological polar surface area (TPSA) is 35.2 Å². The molecule has 92 valence electrons. The van der Waals surface area contributed by atoms with Crippen LogP contribution in [0.1, 0.15) is 50.3 Å². The van der Waals surface area contributed by atoms with Crippen LogP contribution in [-0.4, -0.2) is 7.11 Å². The van der Waals surface area contributed by atoms with Crippen LogP contribution in [0.4, 0.5) is 0 Å². The Labute approximate surface area is 105 Å². The zero-order chi connectivity index (χ0) is 11.4. The normalized spacial score (nSPS) is 12.1. The highest BCUT2D eigenvalue weighted by molar-refractivity contribution is 5.85. The Morgan fingerprint density at radius 2 is 1.94 bits per heavy atom. The molecule has 2 nitrogen and oxygen atoms in total. The Morgan fingerprint density at radius 1 is 1.31 bits per heavy atom. The van der Waals surface area contributed by atoms with Crippen LogP contribution < -0.4 is 10.5 Å². The first-order chi connectivity index (χ1) is 7.10. The maximum atomic E-state index is 6.06. The molecule has 0 amide bonds. The predicted octanol–water partition coefficient (Wildman–Crippen LogP) is 3.65. The first kappa shape index (κ1) is 15.3. The zero-order valence-electron chi connectivity index (χ0n) is 10.5. The standard InChI is InChI=1S/C13H21NO.ClH/c1-5-12(14)11-8-10(9(2)3)6-7-13(11)15-4;/h6-9,12H,5,14H2,1-4H3;1H/t12-;/m1./s1. The molecule has 1 atom stereocenters. The molecule has 0 saturated carbocycles. The van der Waals surface area contributed by atoms with Gasteiger partial charge in [-0.25, -0.2) is 0 Å². The van der Waals surface area contributed by atoms with E-state index in [1.54, 1.807) is 7.11 Å². The Kier molecular flexibility index (Phi) is 6.46. The molecular formula is C13H22ClNO. The van der Waals surface area contributed by atoms with Gasteiger partial charge in [0, 0.05) is 11.6 Å². The molecule has 0 spiro atoms. The van der Waals surface area contributed by atoms with Gasteiger partial charge in [0.25, 0.3) is 0 Å². The largest absolute Gasteiger partial charge is 0.496 e. The van der Waals surface area contributed by atoms with E-state index >= 15 is 0 Å². The highest BCUT2D eigenvalue weighted by Gasteiger charge is 2.11. The fourth-order valence-electron chi connectivity index (χ4n) is 1.62. The second-order valence-electron chi connectivity index (χ2n) is 4.17. The van der Waals surface area contributed by atoms with Gasteiger partial charge in [-0.1, -0.05) is 32.9 Å². The second kappa shape index (κ2) is 6.77. The molecule has 1 rings (SSSR count). The molecule has 0 radical (unpaired) electrons. The Bertz CT molecular complexity index is 326. The van der Waals surface area contributed by atoms with Gasteiger partial charge in [-0.3, -0.25) is 0 Å². The third-order valence-corrected chi connectivity index (χ3v) is 2.76. The molecule has 0 aliphatic rings. The molecular weight excluding hydrogens is 222 g/mol. The van der Waals surface area contributed by atoms with Crippen molar-refractivity contribution in [2.75, 3.05) is 7.11 Å². The summed E-state index contributed by atoms with van der Waals surface area (Å²) in [7, 11) is 1.69. The summed E-state index contributed by atoms with van der Waals surface area (Å²) in [6.45, 7) is 6.46. The van der Waals surface area contributed by atoms with E-state index in [2.05, 4.69) is 32.9 Å². The van der Waals surface area contributed by atoms with Crippen molar-refractivity contribution in [3.05, 3.63) is 29.3 Å². The van der Waals surface area contributed by atoms with Gasteiger partial charge in [0.15, 0.2) is 0 Å². The van der Waals surface area contributed by atoms with E-state index in [9.17, 15) is 0 Å². The van der Waals surface area contributed by atoms with Gasteiger partial charge in [-0.2, -0.15) is 0 Å². The molecule has 0 unspecified atom stereocenters. The predicted molar refractivity (Wildman–Crippen MR) is 71.6 cm³/mol. The first-order valence-corrected chi connectivity index (χ1v) is 5.53. The molecule has 3 heteroatoms. The van der Waals surface area contributed by atoms with E-state index in [-0.39, 0.29) is 18.4 Å². The molecule has 16 heavy (non-hydrogen) atoms. The minimum Gasteiger partial charge on any atom is -0.496 e. The quantitative estimate of drug-likeness (QED) is 0.876. The van der Waals surface area contributed by atoms with Crippen molar-refractivity contribution in [3.63, 3.8) is 0 Å². The lowest BCUT2D eigenvalue weighted by molar-refractivity contribution is 0.404. The van der Waals surface area contributed by atoms with Crippen LogP contribution in [-0.2, 0) is 0 Å². The van der Waals surface area contributed by atoms with Crippen molar-refractivity contribution in [1.29, 1.82) is 0 Å². The van der Waals surface area contributed by atoms with E-state index in [0.717, 1.165) is 17.7 Å². The average Bonchev–Trinajstić information content (AvgIpc) is 2.27. The maximum absolute atomic E-state index is 6.06. The Hall–Kier alpha value is -0.730. The van der Waals surface area contributed by atoms with Crippen LogP contribution in [0.2, 0.25) is 0 Å². The van der Waals surface area contributed by atoms with Crippen molar-refractivity contribution < 1.29 is 4.74 Å². The van der Waals surface area contributed by atoms with Crippen molar-refractivity contribution in [3.8, 4) is 5.75 Å². The highest BCUT2D eigenvalue weighted by atomic mass is 35.5. The van der Waals surface area contributed by atoms with Gasteiger partial charge in [0.05, 0.1) is 7.11 Å². The fourth-order valence-corrected chi connectivity index (χ4v) is 1.62. The Morgan fingerprint density at radius 3 is 2.38 bits per heavy atom. The van der Waals surface area contributed by atoms with E-state index < -0.39 is 0 Å². The number of hydrogen-bond acceptors (Lipinski definition) is 2. The van der Waals surface area contributed by atoms with Crippen molar-refractivity contribution in [1.82, 2.24) is 0 Å². The molecule has 0 aliphatic heterocycles. The minimum absolute atomic E-state index is 0. The molecule has 0 aliphatic carbocycles. The summed E-state index contributed by atoms with van der Waals surface area (Å²) in [5, 5.41) is 0. The molecule has 1 aromatic rings. The van der Waals surface area contributed by atoms with Gasteiger partial charge in [0.1, 0.15) is 5.75 Å². The number of rotatable bonds is 4. The summed E-state index contributed by atoms with van der Waals surface area (Å²) in [5.41, 5.74) is 8.49. The van der Waals surface area contributed by atoms with Gasteiger partial charge >= 0.3 is 0 Å². The van der Waals surface area contributed by atoms with Gasteiger partial charge < -0.3 is 10.5 Å². The molecule has 2 N–H and O–H groups in total. The fraction of sp³-hybridized carbons (Fsp3) is 0.538. The second-order valence-corrected chi connectivity index (χ2v) is 4.17. The van der Waals surface area contributed by atoms with Crippen LogP contribution in [0.5, 0.6) is 5.75 Å².